The minimum Gasteiger partial charge on any atom is -0.352 e. The number of carbonyl (C=O) groups is 1. The molecule has 4 rings (SSSR count). The number of hydrogen-bond donors (Lipinski definition) is 2. The van der Waals surface area contributed by atoms with E-state index >= 15 is 0 Å². The Hall–Kier alpha value is -1.99. The molecular formula is C23H33N5OS. The third kappa shape index (κ3) is 5.38. The number of hydrogen-bond acceptors (Lipinski definition) is 4. The highest BCUT2D eigenvalue weighted by molar-refractivity contribution is 7.71. The van der Waals surface area contributed by atoms with E-state index in [1.165, 1.54) is 38.6 Å². The molecule has 0 radical (unpaired) electrons. The number of nitrogens with one attached hydrogen (secondary N) is 2. The lowest BCUT2D eigenvalue weighted by molar-refractivity contribution is -0.122. The number of piperidine rings is 1. The van der Waals surface area contributed by atoms with Gasteiger partial charge in [-0.2, -0.15) is 5.10 Å². The van der Waals surface area contributed by atoms with Crippen LogP contribution in [0.5, 0.6) is 0 Å². The van der Waals surface area contributed by atoms with Gasteiger partial charge in [0, 0.05) is 31.2 Å². The van der Waals surface area contributed by atoms with Gasteiger partial charge >= 0.3 is 0 Å². The molecule has 6 nitrogen and oxygen atoms in total. The Bertz CT molecular complexity index is 906. The van der Waals surface area contributed by atoms with Crippen LogP contribution in [0.1, 0.15) is 50.5 Å². The third-order valence-electron chi connectivity index (χ3n) is 6.53. The van der Waals surface area contributed by atoms with Crippen molar-refractivity contribution in [1.82, 2.24) is 25.0 Å². The molecule has 2 N–H and O–H groups in total. The molecule has 0 bridgehead atoms. The summed E-state index contributed by atoms with van der Waals surface area (Å²) in [7, 11) is 0. The van der Waals surface area contributed by atoms with Crippen LogP contribution >= 0.6 is 12.2 Å². The topological polar surface area (TPSA) is 66.0 Å². The highest BCUT2D eigenvalue weighted by Crippen LogP contribution is 2.25. The number of aromatic amines is 1. The summed E-state index contributed by atoms with van der Waals surface area (Å²) in [6.07, 6.45) is 9.06. The van der Waals surface area contributed by atoms with Crippen molar-refractivity contribution < 1.29 is 4.79 Å². The quantitative estimate of drug-likeness (QED) is 0.682. The molecule has 1 saturated carbocycles. The van der Waals surface area contributed by atoms with Crippen molar-refractivity contribution in [1.29, 1.82) is 0 Å². The molecule has 7 heteroatoms. The van der Waals surface area contributed by atoms with Crippen LogP contribution in [-0.2, 0) is 11.3 Å². The molecule has 1 saturated heterocycles. The van der Waals surface area contributed by atoms with Crippen LogP contribution in [0, 0.1) is 17.6 Å². The Morgan fingerprint density at radius 1 is 1.20 bits per heavy atom. The van der Waals surface area contributed by atoms with Crippen LogP contribution < -0.4 is 5.32 Å². The van der Waals surface area contributed by atoms with E-state index in [4.69, 9.17) is 12.2 Å². The Balaban J connectivity index is 1.30. The second-order valence-corrected chi connectivity index (χ2v) is 9.34. The molecular weight excluding hydrogens is 394 g/mol. The first-order chi connectivity index (χ1) is 14.6. The molecule has 162 valence electrons. The first-order valence-electron chi connectivity index (χ1n) is 11.3. The lowest BCUT2D eigenvalue weighted by atomic mass is 9.88. The summed E-state index contributed by atoms with van der Waals surface area (Å²) in [5.74, 6) is 1.60. The smallest absolute Gasteiger partial charge is 0.240 e. The van der Waals surface area contributed by atoms with Gasteiger partial charge in [-0.3, -0.25) is 14.5 Å². The van der Waals surface area contributed by atoms with E-state index in [2.05, 4.69) is 26.5 Å². The normalized spacial score (nSPS) is 19.1. The van der Waals surface area contributed by atoms with E-state index < -0.39 is 0 Å². The standard InChI is InChI=1S/C23H33N5OS/c1-17-6-5-9-19(14-17)22-25-26-23(30)28(22)16-21(29)24-20-10-12-27(13-11-20)15-18-7-3-2-4-8-18/h5-6,9,14,18,20H,2-4,7-8,10-13,15-16H2,1H3,(H,24,29)(H,26,30). The van der Waals surface area contributed by atoms with Gasteiger partial charge in [0.15, 0.2) is 10.6 Å². The van der Waals surface area contributed by atoms with Crippen molar-refractivity contribution in [3.63, 3.8) is 0 Å². The average Bonchev–Trinajstić information content (AvgIpc) is 3.10. The number of carbonyl (C=O) groups excluding carboxylic acids is 1. The molecule has 30 heavy (non-hydrogen) atoms. The van der Waals surface area contributed by atoms with Crippen LogP contribution in [0.3, 0.4) is 0 Å². The summed E-state index contributed by atoms with van der Waals surface area (Å²) in [5.41, 5.74) is 2.11. The van der Waals surface area contributed by atoms with Gasteiger partial charge in [-0.1, -0.05) is 43.0 Å². The van der Waals surface area contributed by atoms with Crippen molar-refractivity contribution in [3.05, 3.63) is 34.6 Å². The second kappa shape index (κ2) is 9.88. The van der Waals surface area contributed by atoms with Gasteiger partial charge in [0.2, 0.25) is 5.91 Å². The van der Waals surface area contributed by atoms with Crippen LogP contribution in [-0.4, -0.2) is 51.2 Å². The maximum atomic E-state index is 12.7. The zero-order chi connectivity index (χ0) is 20.9. The Kier molecular flexibility index (Phi) is 7.00. The summed E-state index contributed by atoms with van der Waals surface area (Å²) in [6.45, 7) is 5.65. The third-order valence-corrected chi connectivity index (χ3v) is 6.84. The Labute approximate surface area is 184 Å². The molecule has 1 aromatic carbocycles. The van der Waals surface area contributed by atoms with Gasteiger partial charge in [-0.25, -0.2) is 0 Å². The number of rotatable bonds is 6. The number of amides is 1. The van der Waals surface area contributed by atoms with E-state index in [9.17, 15) is 4.79 Å². The summed E-state index contributed by atoms with van der Waals surface area (Å²) in [5, 5.41) is 10.4. The largest absolute Gasteiger partial charge is 0.352 e. The molecule has 0 spiro atoms. The first kappa shape index (κ1) is 21.2. The van der Waals surface area contributed by atoms with E-state index in [1.54, 1.807) is 4.57 Å². The fraction of sp³-hybridized carbons (Fsp3) is 0.609. The fourth-order valence-electron chi connectivity index (χ4n) is 4.88. The predicted octanol–water partition coefficient (Wildman–Crippen LogP) is 4.08. The summed E-state index contributed by atoms with van der Waals surface area (Å²) < 4.78 is 2.27. The monoisotopic (exact) mass is 427 g/mol. The Morgan fingerprint density at radius 3 is 2.70 bits per heavy atom. The predicted molar refractivity (Wildman–Crippen MR) is 122 cm³/mol. The van der Waals surface area contributed by atoms with Gasteiger partial charge in [-0.05, 0) is 56.8 Å². The highest BCUT2D eigenvalue weighted by Gasteiger charge is 2.24. The van der Waals surface area contributed by atoms with Crippen molar-refractivity contribution in [2.45, 2.75) is 64.5 Å². The highest BCUT2D eigenvalue weighted by atomic mass is 32.1. The molecule has 2 fully saturated rings. The molecule has 1 amide bonds. The van der Waals surface area contributed by atoms with Crippen molar-refractivity contribution in [3.8, 4) is 11.4 Å². The van der Waals surface area contributed by atoms with E-state index in [1.807, 2.05) is 25.1 Å². The second-order valence-electron chi connectivity index (χ2n) is 8.95. The molecule has 1 aliphatic carbocycles. The van der Waals surface area contributed by atoms with Crippen LogP contribution in [0.2, 0.25) is 0 Å². The summed E-state index contributed by atoms with van der Waals surface area (Å²) in [6, 6.07) is 8.34. The molecule has 2 heterocycles. The SMILES string of the molecule is Cc1cccc(-c2n[nH]c(=S)n2CC(=O)NC2CCN(CC3CCCCC3)CC2)c1. The number of aromatic nitrogens is 3. The number of benzene rings is 1. The minimum atomic E-state index is 0.00661. The summed E-state index contributed by atoms with van der Waals surface area (Å²) >= 11 is 5.38. The van der Waals surface area contributed by atoms with Gasteiger partial charge in [0.1, 0.15) is 6.54 Å². The van der Waals surface area contributed by atoms with Crippen molar-refractivity contribution in [2.24, 2.45) is 5.92 Å². The van der Waals surface area contributed by atoms with Crippen LogP contribution in [0.25, 0.3) is 11.4 Å². The number of aryl methyl sites for hydroxylation is 1. The zero-order valence-electron chi connectivity index (χ0n) is 17.9. The van der Waals surface area contributed by atoms with Crippen LogP contribution in [0.4, 0.5) is 0 Å². The zero-order valence-corrected chi connectivity index (χ0v) is 18.7. The van der Waals surface area contributed by atoms with E-state index in [0.717, 1.165) is 43.0 Å². The first-order valence-corrected chi connectivity index (χ1v) is 11.7. The van der Waals surface area contributed by atoms with Crippen molar-refractivity contribution in [2.75, 3.05) is 19.6 Å². The number of likely N-dealkylation sites (tertiary alicyclic amines) is 1. The minimum absolute atomic E-state index is 0.00661. The maximum Gasteiger partial charge on any atom is 0.240 e. The van der Waals surface area contributed by atoms with Gasteiger partial charge < -0.3 is 10.2 Å². The molecule has 0 atom stereocenters. The fourth-order valence-corrected chi connectivity index (χ4v) is 5.08. The average molecular weight is 428 g/mol. The Morgan fingerprint density at radius 2 is 1.97 bits per heavy atom. The lowest BCUT2D eigenvalue weighted by Crippen LogP contribution is -2.46. The number of nitrogens with zero attached hydrogens (tertiary/aromatic N) is 3. The molecule has 0 unspecified atom stereocenters. The lowest BCUT2D eigenvalue weighted by Gasteiger charge is -2.35. The van der Waals surface area contributed by atoms with Gasteiger partial charge in [0.05, 0.1) is 0 Å². The van der Waals surface area contributed by atoms with Crippen molar-refractivity contribution >= 4 is 18.1 Å². The van der Waals surface area contributed by atoms with E-state index in [0.29, 0.717) is 10.6 Å². The van der Waals surface area contributed by atoms with Gasteiger partial charge in [-0.15, -0.1) is 0 Å². The van der Waals surface area contributed by atoms with Crippen LogP contribution in [0.15, 0.2) is 24.3 Å². The molecule has 2 aliphatic rings. The molecule has 2 aromatic rings. The molecule has 1 aliphatic heterocycles. The maximum absolute atomic E-state index is 12.7. The number of H-pyrrole nitrogens is 1. The van der Waals surface area contributed by atoms with E-state index in [-0.39, 0.29) is 18.5 Å². The van der Waals surface area contributed by atoms with Gasteiger partial charge in [0.25, 0.3) is 0 Å². The molecule has 1 aromatic heterocycles. The summed E-state index contributed by atoms with van der Waals surface area (Å²) in [4.78, 5) is 15.3.